The van der Waals surface area contributed by atoms with Crippen LogP contribution in [0.2, 0.25) is 0 Å². The van der Waals surface area contributed by atoms with E-state index in [2.05, 4.69) is 15.5 Å². The van der Waals surface area contributed by atoms with Gasteiger partial charge in [-0.15, -0.1) is 10.2 Å². The highest BCUT2D eigenvalue weighted by atomic mass is 19.1. The molecule has 1 heterocycles. The Kier molecular flexibility index (Phi) is 2.91. The van der Waals surface area contributed by atoms with E-state index in [0.29, 0.717) is 12.4 Å². The Hall–Kier alpha value is -1.82. The number of rotatable bonds is 3. The highest BCUT2D eigenvalue weighted by Crippen LogP contribution is 2.15. The largest absolute Gasteiger partial charge is 0.313 e. The molecule has 0 spiro atoms. The second kappa shape index (κ2) is 4.36. The molecule has 1 aromatic carbocycles. The van der Waals surface area contributed by atoms with Gasteiger partial charge in [-0.2, -0.15) is 0 Å². The van der Waals surface area contributed by atoms with E-state index in [0.717, 1.165) is 6.07 Å². The third kappa shape index (κ3) is 1.92. The predicted molar refractivity (Wildman–Crippen MR) is 54.0 cm³/mol. The van der Waals surface area contributed by atoms with Gasteiger partial charge >= 0.3 is 0 Å². The van der Waals surface area contributed by atoms with Crippen LogP contribution in [0.3, 0.4) is 0 Å². The first-order valence-electron chi connectivity index (χ1n) is 4.71. The molecule has 0 aliphatic carbocycles. The third-order valence-electron chi connectivity index (χ3n) is 2.12. The van der Waals surface area contributed by atoms with Crippen molar-refractivity contribution in [2.75, 3.05) is 7.05 Å². The minimum absolute atomic E-state index is 0.233. The Morgan fingerprint density at radius 3 is 2.88 bits per heavy atom. The molecule has 0 aliphatic rings. The minimum Gasteiger partial charge on any atom is -0.313 e. The van der Waals surface area contributed by atoms with Crippen LogP contribution >= 0.6 is 0 Å². The predicted octanol–water partition coefficient (Wildman–Crippen LogP) is 1.26. The van der Waals surface area contributed by atoms with Crippen LogP contribution in [0, 0.1) is 11.6 Å². The zero-order valence-electron chi connectivity index (χ0n) is 8.61. The van der Waals surface area contributed by atoms with Crippen LogP contribution in [-0.2, 0) is 6.54 Å². The second-order valence-electron chi connectivity index (χ2n) is 3.24. The molecular formula is C10H10F2N4. The molecule has 2 rings (SSSR count). The summed E-state index contributed by atoms with van der Waals surface area (Å²) in [4.78, 5) is 0. The Morgan fingerprint density at radius 2 is 2.19 bits per heavy atom. The smallest absolute Gasteiger partial charge is 0.151 e. The molecule has 0 unspecified atom stereocenters. The summed E-state index contributed by atoms with van der Waals surface area (Å²) in [6.45, 7) is 0.455. The number of nitrogens with one attached hydrogen (secondary N) is 1. The highest BCUT2D eigenvalue weighted by molar-refractivity contribution is 5.34. The van der Waals surface area contributed by atoms with Crippen molar-refractivity contribution in [3.05, 3.63) is 42.0 Å². The van der Waals surface area contributed by atoms with Crippen molar-refractivity contribution < 1.29 is 8.78 Å². The molecule has 1 N–H and O–H groups in total. The molecule has 0 radical (unpaired) electrons. The molecule has 0 saturated heterocycles. The van der Waals surface area contributed by atoms with Gasteiger partial charge in [0.15, 0.2) is 5.82 Å². The molecule has 0 atom stereocenters. The van der Waals surface area contributed by atoms with E-state index in [1.165, 1.54) is 23.0 Å². The van der Waals surface area contributed by atoms with Gasteiger partial charge in [-0.05, 0) is 19.2 Å². The van der Waals surface area contributed by atoms with Crippen molar-refractivity contribution in [2.45, 2.75) is 6.54 Å². The topological polar surface area (TPSA) is 42.7 Å². The fraction of sp³-hybridized carbons (Fsp3) is 0.200. The molecular weight excluding hydrogens is 214 g/mol. The maximum Gasteiger partial charge on any atom is 0.151 e. The fourth-order valence-electron chi connectivity index (χ4n) is 1.42. The minimum atomic E-state index is -0.642. The summed E-state index contributed by atoms with van der Waals surface area (Å²) < 4.78 is 27.7. The number of halogens is 2. The van der Waals surface area contributed by atoms with Gasteiger partial charge < -0.3 is 5.32 Å². The molecule has 16 heavy (non-hydrogen) atoms. The van der Waals surface area contributed by atoms with E-state index in [1.54, 1.807) is 7.05 Å². The monoisotopic (exact) mass is 224 g/mol. The Labute approximate surface area is 90.9 Å². The molecule has 0 amide bonds. The van der Waals surface area contributed by atoms with Gasteiger partial charge in [-0.1, -0.05) is 0 Å². The highest BCUT2D eigenvalue weighted by Gasteiger charge is 2.10. The van der Waals surface area contributed by atoms with Gasteiger partial charge in [0.1, 0.15) is 18.0 Å². The Balaban J connectivity index is 2.46. The lowest BCUT2D eigenvalue weighted by Gasteiger charge is -2.07. The number of aromatic nitrogens is 3. The number of hydrogen-bond donors (Lipinski definition) is 1. The summed E-state index contributed by atoms with van der Waals surface area (Å²) in [5, 5.41) is 10.4. The SMILES string of the molecule is CNCc1nncn1-c1ccc(F)cc1F. The standard InChI is InChI=1S/C10H10F2N4/c1-13-5-10-15-14-6-16(10)9-3-2-7(11)4-8(9)12/h2-4,6,13H,5H2,1H3. The van der Waals surface area contributed by atoms with Crippen LogP contribution in [0.5, 0.6) is 0 Å². The van der Waals surface area contributed by atoms with Crippen molar-refractivity contribution in [1.82, 2.24) is 20.1 Å². The average molecular weight is 224 g/mol. The summed E-state index contributed by atoms with van der Waals surface area (Å²) in [6, 6.07) is 3.38. The van der Waals surface area contributed by atoms with Gasteiger partial charge in [-0.25, -0.2) is 8.78 Å². The molecule has 0 aliphatic heterocycles. The second-order valence-corrected chi connectivity index (χ2v) is 3.24. The summed E-state index contributed by atoms with van der Waals surface area (Å²) in [6.07, 6.45) is 1.39. The summed E-state index contributed by atoms with van der Waals surface area (Å²) >= 11 is 0. The van der Waals surface area contributed by atoms with Crippen LogP contribution in [0.25, 0.3) is 5.69 Å². The van der Waals surface area contributed by atoms with E-state index in [-0.39, 0.29) is 5.69 Å². The maximum absolute atomic E-state index is 13.5. The van der Waals surface area contributed by atoms with Crippen molar-refractivity contribution in [2.24, 2.45) is 0 Å². The van der Waals surface area contributed by atoms with Crippen molar-refractivity contribution in [3.8, 4) is 5.69 Å². The first kappa shape index (κ1) is 10.7. The first-order valence-corrected chi connectivity index (χ1v) is 4.71. The lowest BCUT2D eigenvalue weighted by atomic mass is 10.3. The van der Waals surface area contributed by atoms with Crippen LogP contribution < -0.4 is 5.32 Å². The molecule has 84 valence electrons. The van der Waals surface area contributed by atoms with Gasteiger partial charge in [0.05, 0.1) is 12.2 Å². The van der Waals surface area contributed by atoms with Gasteiger partial charge in [0.25, 0.3) is 0 Å². The van der Waals surface area contributed by atoms with Crippen molar-refractivity contribution in [1.29, 1.82) is 0 Å². The lowest BCUT2D eigenvalue weighted by Crippen LogP contribution is -2.11. The molecule has 4 nitrogen and oxygen atoms in total. The molecule has 0 bridgehead atoms. The maximum atomic E-state index is 13.5. The molecule has 2 aromatic rings. The first-order chi connectivity index (χ1) is 7.72. The van der Waals surface area contributed by atoms with E-state index in [4.69, 9.17) is 0 Å². The van der Waals surface area contributed by atoms with Gasteiger partial charge in [0, 0.05) is 6.07 Å². The molecule has 0 fully saturated rings. The van der Waals surface area contributed by atoms with Gasteiger partial charge in [-0.3, -0.25) is 4.57 Å². The van der Waals surface area contributed by atoms with E-state index in [9.17, 15) is 8.78 Å². The Morgan fingerprint density at radius 1 is 1.38 bits per heavy atom. The fourth-order valence-corrected chi connectivity index (χ4v) is 1.42. The summed E-state index contributed by atoms with van der Waals surface area (Å²) in [5.41, 5.74) is 0.233. The normalized spacial score (nSPS) is 10.7. The van der Waals surface area contributed by atoms with Crippen LogP contribution in [0.15, 0.2) is 24.5 Å². The van der Waals surface area contributed by atoms with E-state index in [1.807, 2.05) is 0 Å². The van der Waals surface area contributed by atoms with E-state index < -0.39 is 11.6 Å². The zero-order valence-corrected chi connectivity index (χ0v) is 8.61. The van der Waals surface area contributed by atoms with Gasteiger partial charge in [0.2, 0.25) is 0 Å². The zero-order chi connectivity index (χ0) is 11.5. The number of benzene rings is 1. The molecule has 6 heteroatoms. The van der Waals surface area contributed by atoms with Crippen LogP contribution in [0.4, 0.5) is 8.78 Å². The van der Waals surface area contributed by atoms with Crippen molar-refractivity contribution in [3.63, 3.8) is 0 Å². The lowest BCUT2D eigenvalue weighted by molar-refractivity contribution is 0.575. The Bertz CT molecular complexity index is 495. The third-order valence-corrected chi connectivity index (χ3v) is 2.12. The quantitative estimate of drug-likeness (QED) is 0.853. The number of nitrogens with zero attached hydrogens (tertiary/aromatic N) is 3. The van der Waals surface area contributed by atoms with Crippen molar-refractivity contribution >= 4 is 0 Å². The van der Waals surface area contributed by atoms with E-state index >= 15 is 0 Å². The molecule has 1 aromatic heterocycles. The number of hydrogen-bond acceptors (Lipinski definition) is 3. The summed E-state index contributed by atoms with van der Waals surface area (Å²) in [7, 11) is 1.75. The average Bonchev–Trinajstić information content (AvgIpc) is 2.67. The van der Waals surface area contributed by atoms with Crippen LogP contribution in [-0.4, -0.2) is 21.8 Å². The summed E-state index contributed by atoms with van der Waals surface area (Å²) in [5.74, 6) is -0.686. The molecule has 0 saturated carbocycles. The van der Waals surface area contributed by atoms with Crippen LogP contribution in [0.1, 0.15) is 5.82 Å².